The van der Waals surface area contributed by atoms with Crippen molar-refractivity contribution in [2.45, 2.75) is 38.5 Å². The highest BCUT2D eigenvalue weighted by Gasteiger charge is 2.33. The molecule has 2 amide bonds. The van der Waals surface area contributed by atoms with Gasteiger partial charge in [-0.1, -0.05) is 35.9 Å². The van der Waals surface area contributed by atoms with Crippen molar-refractivity contribution in [3.05, 3.63) is 64.2 Å². The number of rotatable bonds is 4. The van der Waals surface area contributed by atoms with Gasteiger partial charge in [-0.25, -0.2) is 4.79 Å². The molecule has 0 aromatic heterocycles. The van der Waals surface area contributed by atoms with Crippen LogP contribution in [0.3, 0.4) is 0 Å². The summed E-state index contributed by atoms with van der Waals surface area (Å²) in [7, 11) is 0. The molecule has 2 aromatic rings. The van der Waals surface area contributed by atoms with Gasteiger partial charge in [0.05, 0.1) is 16.1 Å². The second-order valence-corrected chi connectivity index (χ2v) is 7.22. The van der Waals surface area contributed by atoms with Gasteiger partial charge in [0, 0.05) is 11.7 Å². The molecule has 0 heterocycles. The predicted molar refractivity (Wildman–Crippen MR) is 101 cm³/mol. The molecule has 146 valence electrons. The van der Waals surface area contributed by atoms with E-state index in [2.05, 4.69) is 10.6 Å². The molecular weight excluding hydrogens is 379 g/mol. The van der Waals surface area contributed by atoms with E-state index in [0.29, 0.717) is 0 Å². The second kappa shape index (κ2) is 7.78. The SMILES string of the molecule is CC(N)c1cccc(C(C)(C)NC(=O)Nc2ccc(Cl)c(C(F)(F)F)c2)c1. The molecule has 4 nitrogen and oxygen atoms in total. The van der Waals surface area contributed by atoms with Crippen LogP contribution in [0.1, 0.15) is 43.5 Å². The third-order valence-electron chi connectivity index (χ3n) is 4.09. The molecular formula is C19H21ClF3N3O. The van der Waals surface area contributed by atoms with Crippen LogP contribution in [0.25, 0.3) is 0 Å². The summed E-state index contributed by atoms with van der Waals surface area (Å²) in [5, 5.41) is 4.74. The minimum absolute atomic E-state index is 0.00986. The first kappa shape index (κ1) is 21.1. The molecule has 4 N–H and O–H groups in total. The van der Waals surface area contributed by atoms with E-state index in [1.165, 1.54) is 6.07 Å². The first-order valence-electron chi connectivity index (χ1n) is 8.22. The molecule has 27 heavy (non-hydrogen) atoms. The Morgan fingerprint density at radius 1 is 1.15 bits per heavy atom. The third kappa shape index (κ3) is 5.37. The van der Waals surface area contributed by atoms with Crippen LogP contribution in [0.4, 0.5) is 23.7 Å². The van der Waals surface area contributed by atoms with E-state index in [4.69, 9.17) is 17.3 Å². The molecule has 0 saturated heterocycles. The second-order valence-electron chi connectivity index (χ2n) is 6.81. The van der Waals surface area contributed by atoms with Crippen molar-refractivity contribution in [1.29, 1.82) is 0 Å². The fourth-order valence-electron chi connectivity index (χ4n) is 2.55. The van der Waals surface area contributed by atoms with Crippen LogP contribution in [0.5, 0.6) is 0 Å². The number of hydrogen-bond donors (Lipinski definition) is 3. The average molecular weight is 400 g/mol. The fraction of sp³-hybridized carbons (Fsp3) is 0.316. The highest BCUT2D eigenvalue weighted by atomic mass is 35.5. The number of halogens is 4. The largest absolute Gasteiger partial charge is 0.417 e. The minimum Gasteiger partial charge on any atom is -0.329 e. The summed E-state index contributed by atoms with van der Waals surface area (Å²) in [5.41, 5.74) is 5.83. The number of alkyl halides is 3. The standard InChI is InChI=1S/C19H21ClF3N3O/c1-11(24)12-5-4-6-13(9-12)18(2,3)26-17(27)25-14-7-8-16(20)15(10-14)19(21,22)23/h4-11H,24H2,1-3H3,(H2,25,26,27). The van der Waals surface area contributed by atoms with Crippen molar-refractivity contribution in [1.82, 2.24) is 5.32 Å². The lowest BCUT2D eigenvalue weighted by Crippen LogP contribution is -2.43. The van der Waals surface area contributed by atoms with Gasteiger partial charge in [0.25, 0.3) is 0 Å². The number of nitrogens with one attached hydrogen (secondary N) is 2. The number of hydrogen-bond acceptors (Lipinski definition) is 2. The third-order valence-corrected chi connectivity index (χ3v) is 4.42. The fourth-order valence-corrected chi connectivity index (χ4v) is 2.77. The van der Waals surface area contributed by atoms with Crippen LogP contribution >= 0.6 is 11.6 Å². The smallest absolute Gasteiger partial charge is 0.329 e. The van der Waals surface area contributed by atoms with Crippen LogP contribution in [0, 0.1) is 0 Å². The van der Waals surface area contributed by atoms with E-state index in [-0.39, 0.29) is 11.7 Å². The van der Waals surface area contributed by atoms with Crippen molar-refractivity contribution in [3.8, 4) is 0 Å². The van der Waals surface area contributed by atoms with E-state index in [0.717, 1.165) is 23.3 Å². The molecule has 1 unspecified atom stereocenters. The van der Waals surface area contributed by atoms with Crippen LogP contribution in [-0.2, 0) is 11.7 Å². The van der Waals surface area contributed by atoms with Gasteiger partial charge < -0.3 is 16.4 Å². The molecule has 0 spiro atoms. The van der Waals surface area contributed by atoms with Crippen LogP contribution in [-0.4, -0.2) is 6.03 Å². The van der Waals surface area contributed by atoms with E-state index in [1.807, 2.05) is 31.2 Å². The quantitative estimate of drug-likeness (QED) is 0.641. The maximum Gasteiger partial charge on any atom is 0.417 e. The van der Waals surface area contributed by atoms with Gasteiger partial charge in [0.1, 0.15) is 0 Å². The molecule has 0 radical (unpaired) electrons. The van der Waals surface area contributed by atoms with Gasteiger partial charge in [0.2, 0.25) is 0 Å². The number of urea groups is 1. The molecule has 0 saturated carbocycles. The Morgan fingerprint density at radius 3 is 2.41 bits per heavy atom. The Bertz CT molecular complexity index is 835. The molecule has 2 rings (SSSR count). The van der Waals surface area contributed by atoms with E-state index >= 15 is 0 Å². The van der Waals surface area contributed by atoms with Crippen molar-refractivity contribution in [2.24, 2.45) is 5.73 Å². The van der Waals surface area contributed by atoms with Crippen LogP contribution < -0.4 is 16.4 Å². The Labute approximate surface area is 160 Å². The van der Waals surface area contributed by atoms with Crippen molar-refractivity contribution in [3.63, 3.8) is 0 Å². The first-order chi connectivity index (χ1) is 12.4. The molecule has 0 bridgehead atoms. The van der Waals surface area contributed by atoms with Gasteiger partial charge in [-0.2, -0.15) is 13.2 Å². The number of nitrogens with two attached hydrogens (primary N) is 1. The highest BCUT2D eigenvalue weighted by Crippen LogP contribution is 2.36. The minimum atomic E-state index is -4.61. The molecule has 0 aliphatic heterocycles. The zero-order valence-corrected chi connectivity index (χ0v) is 15.9. The highest BCUT2D eigenvalue weighted by molar-refractivity contribution is 6.31. The molecule has 0 aliphatic carbocycles. The van der Waals surface area contributed by atoms with Crippen LogP contribution in [0.15, 0.2) is 42.5 Å². The summed E-state index contributed by atoms with van der Waals surface area (Å²) in [6.07, 6.45) is -4.61. The summed E-state index contributed by atoms with van der Waals surface area (Å²) < 4.78 is 38.8. The van der Waals surface area contributed by atoms with E-state index in [9.17, 15) is 18.0 Å². The molecule has 1 atom stereocenters. The van der Waals surface area contributed by atoms with Gasteiger partial charge in [-0.3, -0.25) is 0 Å². The summed E-state index contributed by atoms with van der Waals surface area (Å²) in [4.78, 5) is 12.3. The van der Waals surface area contributed by atoms with Crippen molar-refractivity contribution in [2.75, 3.05) is 5.32 Å². The Balaban J connectivity index is 2.16. The average Bonchev–Trinajstić information content (AvgIpc) is 2.55. The molecule has 2 aromatic carbocycles. The lowest BCUT2D eigenvalue weighted by Gasteiger charge is -2.28. The van der Waals surface area contributed by atoms with Gasteiger partial charge in [-0.05, 0) is 50.1 Å². The lowest BCUT2D eigenvalue weighted by molar-refractivity contribution is -0.137. The topological polar surface area (TPSA) is 67.1 Å². The molecule has 0 fully saturated rings. The zero-order chi connectivity index (χ0) is 20.4. The Morgan fingerprint density at radius 2 is 1.81 bits per heavy atom. The number of benzene rings is 2. The molecule has 8 heteroatoms. The van der Waals surface area contributed by atoms with Gasteiger partial charge >= 0.3 is 12.2 Å². The number of carbonyl (C=O) groups is 1. The summed E-state index contributed by atoms with van der Waals surface area (Å²) >= 11 is 5.59. The zero-order valence-electron chi connectivity index (χ0n) is 15.1. The van der Waals surface area contributed by atoms with Gasteiger partial charge in [-0.15, -0.1) is 0 Å². The summed E-state index contributed by atoms with van der Waals surface area (Å²) in [5.74, 6) is 0. The number of anilines is 1. The van der Waals surface area contributed by atoms with E-state index in [1.54, 1.807) is 13.8 Å². The first-order valence-corrected chi connectivity index (χ1v) is 8.60. The van der Waals surface area contributed by atoms with E-state index < -0.39 is 28.3 Å². The number of carbonyl (C=O) groups excluding carboxylic acids is 1. The Kier molecular flexibility index (Phi) is 6.07. The maximum absolute atomic E-state index is 12.9. The summed E-state index contributed by atoms with van der Waals surface area (Å²) in [6, 6.07) is 9.85. The molecule has 0 aliphatic rings. The summed E-state index contributed by atoms with van der Waals surface area (Å²) in [6.45, 7) is 5.43. The Hall–Kier alpha value is -2.25. The number of amides is 2. The maximum atomic E-state index is 12.9. The lowest BCUT2D eigenvalue weighted by atomic mass is 9.92. The normalized spacial score (nSPS) is 13.2. The van der Waals surface area contributed by atoms with Gasteiger partial charge in [0.15, 0.2) is 0 Å². The van der Waals surface area contributed by atoms with Crippen molar-refractivity contribution < 1.29 is 18.0 Å². The monoisotopic (exact) mass is 399 g/mol. The van der Waals surface area contributed by atoms with Crippen molar-refractivity contribution >= 4 is 23.3 Å². The predicted octanol–water partition coefficient (Wildman–Crippen LogP) is 5.44. The van der Waals surface area contributed by atoms with Crippen LogP contribution in [0.2, 0.25) is 5.02 Å².